The molecule has 0 aromatic heterocycles. The van der Waals surface area contributed by atoms with Crippen molar-refractivity contribution in [1.29, 1.82) is 0 Å². The molecule has 0 radical (unpaired) electrons. The Morgan fingerprint density at radius 2 is 1.50 bits per heavy atom. The Kier molecular flexibility index (Phi) is 4.42. The van der Waals surface area contributed by atoms with Crippen LogP contribution in [0.25, 0.3) is 0 Å². The highest BCUT2D eigenvalue weighted by molar-refractivity contribution is 5.22. The second-order valence-corrected chi connectivity index (χ2v) is 4.57. The van der Waals surface area contributed by atoms with Crippen molar-refractivity contribution < 1.29 is 8.78 Å². The molecule has 1 N–H and O–H groups in total. The Balaban J connectivity index is 3.03. The lowest BCUT2D eigenvalue weighted by Crippen LogP contribution is -2.26. The number of rotatable bonds is 4. The van der Waals surface area contributed by atoms with Gasteiger partial charge in [-0.25, -0.2) is 8.78 Å². The summed E-state index contributed by atoms with van der Waals surface area (Å²) in [4.78, 5) is 0. The average molecular weight is 227 g/mol. The smallest absolute Gasteiger partial charge is 0.126 e. The molecule has 1 aromatic carbocycles. The molecule has 0 fully saturated rings. The van der Waals surface area contributed by atoms with Crippen molar-refractivity contribution in [1.82, 2.24) is 5.32 Å². The summed E-state index contributed by atoms with van der Waals surface area (Å²) >= 11 is 0. The van der Waals surface area contributed by atoms with E-state index in [1.807, 2.05) is 7.05 Å². The molecule has 3 heteroatoms. The largest absolute Gasteiger partial charge is 0.313 e. The Bertz CT molecular complexity index is 330. The molecule has 0 saturated heterocycles. The standard InChI is InChI=1S/C13H19F2N/c1-8(2)9(3)13(16-4)10-5-11(14)7-12(15)6-10/h5-9,13,16H,1-4H3. The Morgan fingerprint density at radius 3 is 1.88 bits per heavy atom. The highest BCUT2D eigenvalue weighted by Crippen LogP contribution is 2.28. The lowest BCUT2D eigenvalue weighted by molar-refractivity contribution is 0.315. The zero-order chi connectivity index (χ0) is 12.3. The van der Waals surface area contributed by atoms with Crippen LogP contribution in [-0.2, 0) is 0 Å². The Morgan fingerprint density at radius 1 is 1.00 bits per heavy atom. The summed E-state index contributed by atoms with van der Waals surface area (Å²) < 4.78 is 26.2. The molecule has 1 rings (SSSR count). The van der Waals surface area contributed by atoms with Gasteiger partial charge in [-0.1, -0.05) is 20.8 Å². The molecule has 2 unspecified atom stereocenters. The third kappa shape index (κ3) is 3.01. The van der Waals surface area contributed by atoms with E-state index in [0.29, 0.717) is 17.4 Å². The fraction of sp³-hybridized carbons (Fsp3) is 0.538. The fourth-order valence-electron chi connectivity index (χ4n) is 1.87. The molecular weight excluding hydrogens is 208 g/mol. The van der Waals surface area contributed by atoms with Crippen LogP contribution in [0.4, 0.5) is 8.78 Å². The maximum absolute atomic E-state index is 13.1. The van der Waals surface area contributed by atoms with E-state index in [4.69, 9.17) is 0 Å². The Hall–Kier alpha value is -0.960. The van der Waals surface area contributed by atoms with Crippen LogP contribution in [0.5, 0.6) is 0 Å². The molecule has 1 aromatic rings. The molecule has 0 spiro atoms. The maximum Gasteiger partial charge on any atom is 0.126 e. The first-order chi connectivity index (χ1) is 7.45. The average Bonchev–Trinajstić information content (AvgIpc) is 2.16. The summed E-state index contributed by atoms with van der Waals surface area (Å²) in [7, 11) is 1.81. The predicted molar refractivity (Wildman–Crippen MR) is 62.2 cm³/mol. The van der Waals surface area contributed by atoms with Crippen LogP contribution in [-0.4, -0.2) is 7.05 Å². The van der Waals surface area contributed by atoms with Gasteiger partial charge in [0.2, 0.25) is 0 Å². The number of benzene rings is 1. The number of halogens is 2. The van der Waals surface area contributed by atoms with Crippen molar-refractivity contribution in [2.24, 2.45) is 11.8 Å². The summed E-state index contributed by atoms with van der Waals surface area (Å²) in [6, 6.07) is 3.66. The third-order valence-corrected chi connectivity index (χ3v) is 3.13. The van der Waals surface area contributed by atoms with E-state index in [9.17, 15) is 8.78 Å². The highest BCUT2D eigenvalue weighted by atomic mass is 19.1. The number of nitrogens with one attached hydrogen (secondary N) is 1. The topological polar surface area (TPSA) is 12.0 Å². The van der Waals surface area contributed by atoms with E-state index in [0.717, 1.165) is 6.07 Å². The first-order valence-electron chi connectivity index (χ1n) is 5.59. The minimum absolute atomic E-state index is 0.0230. The summed E-state index contributed by atoms with van der Waals surface area (Å²) in [5.41, 5.74) is 0.668. The van der Waals surface area contributed by atoms with Crippen LogP contribution in [0.2, 0.25) is 0 Å². The van der Waals surface area contributed by atoms with Gasteiger partial charge in [0.05, 0.1) is 0 Å². The first kappa shape index (κ1) is 13.1. The molecule has 0 aliphatic rings. The first-order valence-corrected chi connectivity index (χ1v) is 5.59. The van der Waals surface area contributed by atoms with Gasteiger partial charge in [-0.15, -0.1) is 0 Å². The minimum atomic E-state index is -0.522. The van der Waals surface area contributed by atoms with Gasteiger partial charge in [0.15, 0.2) is 0 Å². The molecule has 90 valence electrons. The van der Waals surface area contributed by atoms with Gasteiger partial charge in [-0.05, 0) is 36.6 Å². The molecule has 0 amide bonds. The molecule has 0 saturated carbocycles. The van der Waals surface area contributed by atoms with Gasteiger partial charge < -0.3 is 5.32 Å². The summed E-state index contributed by atoms with van der Waals surface area (Å²) in [5, 5.41) is 3.12. The van der Waals surface area contributed by atoms with E-state index in [-0.39, 0.29) is 6.04 Å². The summed E-state index contributed by atoms with van der Waals surface area (Å²) in [5.74, 6) is -0.285. The normalized spacial score (nSPS) is 15.2. The molecule has 0 aliphatic carbocycles. The molecule has 0 aliphatic heterocycles. The van der Waals surface area contributed by atoms with Crippen molar-refractivity contribution in [3.63, 3.8) is 0 Å². The van der Waals surface area contributed by atoms with Crippen molar-refractivity contribution in [3.8, 4) is 0 Å². The maximum atomic E-state index is 13.1. The molecule has 16 heavy (non-hydrogen) atoms. The highest BCUT2D eigenvalue weighted by Gasteiger charge is 2.21. The van der Waals surface area contributed by atoms with Gasteiger partial charge >= 0.3 is 0 Å². The van der Waals surface area contributed by atoms with E-state index in [1.54, 1.807) is 0 Å². The zero-order valence-corrected chi connectivity index (χ0v) is 10.2. The molecule has 0 heterocycles. The van der Waals surface area contributed by atoms with Crippen molar-refractivity contribution in [2.45, 2.75) is 26.8 Å². The number of hydrogen-bond acceptors (Lipinski definition) is 1. The Labute approximate surface area is 95.9 Å². The van der Waals surface area contributed by atoms with Crippen LogP contribution in [0, 0.1) is 23.5 Å². The van der Waals surface area contributed by atoms with Gasteiger partial charge in [0.25, 0.3) is 0 Å². The van der Waals surface area contributed by atoms with Gasteiger partial charge in [0.1, 0.15) is 11.6 Å². The van der Waals surface area contributed by atoms with Crippen LogP contribution in [0.3, 0.4) is 0 Å². The molecule has 0 bridgehead atoms. The molecular formula is C13H19F2N. The van der Waals surface area contributed by atoms with E-state index < -0.39 is 11.6 Å². The second kappa shape index (κ2) is 5.39. The zero-order valence-electron chi connectivity index (χ0n) is 10.2. The van der Waals surface area contributed by atoms with Crippen LogP contribution in [0.15, 0.2) is 18.2 Å². The van der Waals surface area contributed by atoms with Gasteiger partial charge in [-0.3, -0.25) is 0 Å². The summed E-state index contributed by atoms with van der Waals surface area (Å²) in [6.45, 7) is 6.28. The van der Waals surface area contributed by atoms with E-state index >= 15 is 0 Å². The van der Waals surface area contributed by atoms with Crippen LogP contribution < -0.4 is 5.32 Å². The van der Waals surface area contributed by atoms with Crippen molar-refractivity contribution in [3.05, 3.63) is 35.4 Å². The van der Waals surface area contributed by atoms with E-state index in [2.05, 4.69) is 26.1 Å². The SMILES string of the molecule is CNC(c1cc(F)cc(F)c1)C(C)C(C)C. The second-order valence-electron chi connectivity index (χ2n) is 4.57. The lowest BCUT2D eigenvalue weighted by atomic mass is 9.86. The third-order valence-electron chi connectivity index (χ3n) is 3.13. The summed E-state index contributed by atoms with van der Waals surface area (Å²) in [6.07, 6.45) is 0. The predicted octanol–water partition coefficient (Wildman–Crippen LogP) is 3.52. The monoisotopic (exact) mass is 227 g/mol. The lowest BCUT2D eigenvalue weighted by Gasteiger charge is -2.27. The quantitative estimate of drug-likeness (QED) is 0.830. The minimum Gasteiger partial charge on any atom is -0.313 e. The van der Waals surface area contributed by atoms with Crippen molar-refractivity contribution >= 4 is 0 Å². The number of hydrogen-bond donors (Lipinski definition) is 1. The fourth-order valence-corrected chi connectivity index (χ4v) is 1.87. The van der Waals surface area contributed by atoms with Gasteiger partial charge in [-0.2, -0.15) is 0 Å². The van der Waals surface area contributed by atoms with Crippen LogP contribution in [0.1, 0.15) is 32.4 Å². The molecule has 1 nitrogen and oxygen atoms in total. The van der Waals surface area contributed by atoms with E-state index in [1.165, 1.54) is 12.1 Å². The van der Waals surface area contributed by atoms with Crippen LogP contribution >= 0.6 is 0 Å². The van der Waals surface area contributed by atoms with Crippen molar-refractivity contribution in [2.75, 3.05) is 7.05 Å². The molecule has 2 atom stereocenters. The van der Waals surface area contributed by atoms with Gasteiger partial charge in [0, 0.05) is 12.1 Å².